The van der Waals surface area contributed by atoms with Crippen LogP contribution in [0.15, 0.2) is 24.3 Å². The van der Waals surface area contributed by atoms with Crippen LogP contribution >= 0.6 is 0 Å². The first-order valence-electron chi connectivity index (χ1n) is 7.29. The zero-order valence-corrected chi connectivity index (χ0v) is 13.5. The number of likely N-dealkylation sites (N-methyl/N-ethyl adjacent to an activating group) is 1. The maximum atomic E-state index is 12.4. The lowest BCUT2D eigenvalue weighted by Gasteiger charge is -2.21. The first-order valence-corrected chi connectivity index (χ1v) is 7.29. The summed E-state index contributed by atoms with van der Waals surface area (Å²) in [6, 6.07) is 6.64. The van der Waals surface area contributed by atoms with E-state index in [-0.39, 0.29) is 30.3 Å². The lowest BCUT2D eigenvalue weighted by atomic mass is 10.1. The number of nitrogens with zero attached hydrogens (tertiary/aromatic N) is 1. The van der Waals surface area contributed by atoms with E-state index in [0.29, 0.717) is 17.8 Å². The van der Waals surface area contributed by atoms with E-state index < -0.39 is 0 Å². The summed E-state index contributed by atoms with van der Waals surface area (Å²) in [4.78, 5) is 36.6. The lowest BCUT2D eigenvalue weighted by molar-refractivity contribution is -0.122. The summed E-state index contributed by atoms with van der Waals surface area (Å²) in [6.07, 6.45) is 0. The maximum absolute atomic E-state index is 12.4. The van der Waals surface area contributed by atoms with Crippen LogP contribution in [0.3, 0.4) is 0 Å². The standard InChI is InChI=1S/C16H23N3O3/c1-5-19(10-15(21)17-11(2)3)16(22)13-6-8-14(9-7-13)18-12(4)20/h6-9,11H,5,10H2,1-4H3,(H,17,21)(H,18,20). The molecule has 1 aromatic carbocycles. The topological polar surface area (TPSA) is 78.5 Å². The molecule has 0 saturated carbocycles. The predicted octanol–water partition coefficient (Wildman–Crippen LogP) is 1.63. The summed E-state index contributed by atoms with van der Waals surface area (Å²) in [5.74, 6) is -0.560. The molecular formula is C16H23N3O3. The Kier molecular flexibility index (Phi) is 6.56. The number of amides is 3. The molecule has 22 heavy (non-hydrogen) atoms. The SMILES string of the molecule is CCN(CC(=O)NC(C)C)C(=O)c1ccc(NC(C)=O)cc1. The van der Waals surface area contributed by atoms with Crippen LogP contribution in [0.5, 0.6) is 0 Å². The van der Waals surface area contributed by atoms with E-state index >= 15 is 0 Å². The van der Waals surface area contributed by atoms with Gasteiger partial charge in [0.25, 0.3) is 5.91 Å². The number of nitrogens with one attached hydrogen (secondary N) is 2. The minimum absolute atomic E-state index is 0.0287. The minimum atomic E-state index is -0.212. The van der Waals surface area contributed by atoms with Gasteiger partial charge in [0.1, 0.15) is 0 Å². The molecule has 0 aromatic heterocycles. The fraction of sp³-hybridized carbons (Fsp3) is 0.438. The van der Waals surface area contributed by atoms with Gasteiger partial charge >= 0.3 is 0 Å². The second-order valence-corrected chi connectivity index (χ2v) is 5.30. The third-order valence-corrected chi connectivity index (χ3v) is 2.91. The van der Waals surface area contributed by atoms with Crippen molar-refractivity contribution in [1.29, 1.82) is 0 Å². The molecular weight excluding hydrogens is 282 g/mol. The van der Waals surface area contributed by atoms with Crippen LogP contribution in [0.1, 0.15) is 38.1 Å². The Labute approximate surface area is 130 Å². The number of hydrogen-bond acceptors (Lipinski definition) is 3. The number of anilines is 1. The van der Waals surface area contributed by atoms with Crippen LogP contribution in [0.25, 0.3) is 0 Å². The smallest absolute Gasteiger partial charge is 0.254 e. The number of carbonyl (C=O) groups is 3. The number of hydrogen-bond donors (Lipinski definition) is 2. The van der Waals surface area contributed by atoms with E-state index in [4.69, 9.17) is 0 Å². The molecule has 3 amide bonds. The van der Waals surface area contributed by atoms with Crippen LogP contribution in [0, 0.1) is 0 Å². The second kappa shape index (κ2) is 8.17. The molecule has 0 heterocycles. The monoisotopic (exact) mass is 305 g/mol. The molecule has 0 radical (unpaired) electrons. The van der Waals surface area contributed by atoms with Crippen molar-refractivity contribution in [2.24, 2.45) is 0 Å². The van der Waals surface area contributed by atoms with Gasteiger partial charge in [-0.3, -0.25) is 14.4 Å². The molecule has 0 aliphatic heterocycles. The van der Waals surface area contributed by atoms with Crippen LogP contribution < -0.4 is 10.6 Å². The molecule has 120 valence electrons. The maximum Gasteiger partial charge on any atom is 0.254 e. The van der Waals surface area contributed by atoms with Crippen molar-refractivity contribution in [2.45, 2.75) is 33.7 Å². The summed E-state index contributed by atoms with van der Waals surface area (Å²) in [7, 11) is 0. The van der Waals surface area contributed by atoms with Gasteiger partial charge in [0.2, 0.25) is 11.8 Å². The number of carbonyl (C=O) groups excluding carboxylic acids is 3. The molecule has 0 atom stereocenters. The summed E-state index contributed by atoms with van der Waals surface area (Å²) in [5, 5.41) is 5.40. The van der Waals surface area contributed by atoms with Crippen LogP contribution in [-0.4, -0.2) is 41.8 Å². The third-order valence-electron chi connectivity index (χ3n) is 2.91. The Morgan fingerprint density at radius 2 is 1.73 bits per heavy atom. The summed E-state index contributed by atoms with van der Waals surface area (Å²) >= 11 is 0. The van der Waals surface area contributed by atoms with E-state index in [1.54, 1.807) is 24.3 Å². The van der Waals surface area contributed by atoms with Crippen molar-refractivity contribution in [2.75, 3.05) is 18.4 Å². The highest BCUT2D eigenvalue weighted by molar-refractivity contribution is 5.97. The van der Waals surface area contributed by atoms with E-state index in [2.05, 4.69) is 10.6 Å². The fourth-order valence-corrected chi connectivity index (χ4v) is 1.95. The second-order valence-electron chi connectivity index (χ2n) is 5.30. The highest BCUT2D eigenvalue weighted by Crippen LogP contribution is 2.11. The van der Waals surface area contributed by atoms with Gasteiger partial charge in [-0.05, 0) is 45.0 Å². The average Bonchev–Trinajstić information content (AvgIpc) is 2.43. The molecule has 0 aliphatic rings. The summed E-state index contributed by atoms with van der Waals surface area (Å²) in [5.41, 5.74) is 1.11. The van der Waals surface area contributed by atoms with Crippen molar-refractivity contribution in [3.05, 3.63) is 29.8 Å². The minimum Gasteiger partial charge on any atom is -0.352 e. The molecule has 6 nitrogen and oxygen atoms in total. The van der Waals surface area contributed by atoms with Crippen LogP contribution in [0.2, 0.25) is 0 Å². The summed E-state index contributed by atoms with van der Waals surface area (Å²) in [6.45, 7) is 7.46. The number of rotatable bonds is 6. The van der Waals surface area contributed by atoms with Crippen molar-refractivity contribution in [3.8, 4) is 0 Å². The Bertz CT molecular complexity index is 538. The normalized spacial score (nSPS) is 10.2. The third kappa shape index (κ3) is 5.55. The van der Waals surface area contributed by atoms with Crippen molar-refractivity contribution < 1.29 is 14.4 Å². The largest absolute Gasteiger partial charge is 0.352 e. The molecule has 0 saturated heterocycles. The lowest BCUT2D eigenvalue weighted by Crippen LogP contribution is -2.42. The summed E-state index contributed by atoms with van der Waals surface area (Å²) < 4.78 is 0. The van der Waals surface area contributed by atoms with Crippen molar-refractivity contribution in [3.63, 3.8) is 0 Å². The molecule has 0 aliphatic carbocycles. The van der Waals surface area contributed by atoms with Gasteiger partial charge < -0.3 is 15.5 Å². The molecule has 6 heteroatoms. The van der Waals surface area contributed by atoms with Crippen LogP contribution in [-0.2, 0) is 9.59 Å². The molecule has 0 unspecified atom stereocenters. The Morgan fingerprint density at radius 1 is 1.14 bits per heavy atom. The van der Waals surface area contributed by atoms with Gasteiger partial charge in [-0.1, -0.05) is 0 Å². The Hall–Kier alpha value is -2.37. The van der Waals surface area contributed by atoms with E-state index in [9.17, 15) is 14.4 Å². The van der Waals surface area contributed by atoms with Gasteiger partial charge in [0.05, 0.1) is 6.54 Å². The van der Waals surface area contributed by atoms with Gasteiger partial charge in [-0.15, -0.1) is 0 Å². The van der Waals surface area contributed by atoms with Crippen LogP contribution in [0.4, 0.5) is 5.69 Å². The molecule has 0 fully saturated rings. The first kappa shape index (κ1) is 17.7. The highest BCUT2D eigenvalue weighted by Gasteiger charge is 2.17. The molecule has 0 bridgehead atoms. The highest BCUT2D eigenvalue weighted by atomic mass is 16.2. The van der Waals surface area contributed by atoms with Gasteiger partial charge in [0.15, 0.2) is 0 Å². The van der Waals surface area contributed by atoms with E-state index in [1.165, 1.54) is 11.8 Å². The number of benzene rings is 1. The zero-order chi connectivity index (χ0) is 16.7. The van der Waals surface area contributed by atoms with Gasteiger partial charge in [-0.25, -0.2) is 0 Å². The predicted molar refractivity (Wildman–Crippen MR) is 85.6 cm³/mol. The average molecular weight is 305 g/mol. The first-order chi connectivity index (χ1) is 10.3. The zero-order valence-electron chi connectivity index (χ0n) is 13.5. The Morgan fingerprint density at radius 3 is 2.18 bits per heavy atom. The molecule has 1 aromatic rings. The van der Waals surface area contributed by atoms with E-state index in [1.807, 2.05) is 20.8 Å². The van der Waals surface area contributed by atoms with E-state index in [0.717, 1.165) is 0 Å². The molecule has 1 rings (SSSR count). The van der Waals surface area contributed by atoms with Crippen molar-refractivity contribution >= 4 is 23.4 Å². The molecule has 0 spiro atoms. The van der Waals surface area contributed by atoms with Gasteiger partial charge in [-0.2, -0.15) is 0 Å². The Balaban J connectivity index is 2.74. The fourth-order valence-electron chi connectivity index (χ4n) is 1.95. The molecule has 2 N–H and O–H groups in total. The quantitative estimate of drug-likeness (QED) is 0.838. The van der Waals surface area contributed by atoms with Crippen molar-refractivity contribution in [1.82, 2.24) is 10.2 Å². The van der Waals surface area contributed by atoms with Gasteiger partial charge in [0, 0.05) is 30.8 Å².